The number of benzene rings is 1. The van der Waals surface area contributed by atoms with Crippen LogP contribution in [0.15, 0.2) is 41.0 Å². The molecule has 0 saturated carbocycles. The van der Waals surface area contributed by atoms with Crippen LogP contribution in [-0.2, 0) is 9.59 Å². The molecule has 152 valence electrons. The van der Waals surface area contributed by atoms with Crippen LogP contribution in [0.4, 0.5) is 5.69 Å². The van der Waals surface area contributed by atoms with Gasteiger partial charge in [0.1, 0.15) is 11.9 Å². The zero-order valence-corrected chi connectivity index (χ0v) is 17.8. The average Bonchev–Trinajstić information content (AvgIpc) is 3.09. The molecule has 2 fully saturated rings. The first-order chi connectivity index (χ1) is 14.0. The number of nitrogens with zero attached hydrogens (tertiary/aromatic N) is 4. The molecule has 4 rings (SSSR count). The van der Waals surface area contributed by atoms with Crippen LogP contribution in [0.3, 0.4) is 0 Å². The number of halogens is 1. The Morgan fingerprint density at radius 2 is 2.14 bits per heavy atom. The Morgan fingerprint density at radius 3 is 2.93 bits per heavy atom. The summed E-state index contributed by atoms with van der Waals surface area (Å²) in [5.41, 5.74) is 0.818. The highest BCUT2D eigenvalue weighted by atomic mass is 79.9. The predicted molar refractivity (Wildman–Crippen MR) is 112 cm³/mol. The molecule has 0 N–H and O–H groups in total. The minimum atomic E-state index is -0.318. The largest absolute Gasteiger partial charge is 0.472 e. The lowest BCUT2D eigenvalue weighted by Gasteiger charge is -2.34. The number of hydrogen-bond donors (Lipinski definition) is 0. The van der Waals surface area contributed by atoms with Gasteiger partial charge in [-0.25, -0.2) is 4.98 Å². The Labute approximate surface area is 178 Å². The number of hydrogen-bond acceptors (Lipinski definition) is 5. The summed E-state index contributed by atoms with van der Waals surface area (Å²) in [4.78, 5) is 37.5. The van der Waals surface area contributed by atoms with E-state index < -0.39 is 0 Å². The lowest BCUT2D eigenvalue weighted by atomic mass is 10.0. The van der Waals surface area contributed by atoms with E-state index in [1.807, 2.05) is 36.1 Å². The molecule has 29 heavy (non-hydrogen) atoms. The third-order valence-corrected chi connectivity index (χ3v) is 5.82. The fourth-order valence-corrected chi connectivity index (χ4v) is 4.32. The van der Waals surface area contributed by atoms with Gasteiger partial charge < -0.3 is 14.5 Å². The molecule has 1 aromatic carbocycles. The molecule has 8 heteroatoms. The van der Waals surface area contributed by atoms with Gasteiger partial charge in [0, 0.05) is 41.9 Å². The van der Waals surface area contributed by atoms with E-state index in [9.17, 15) is 9.59 Å². The molecule has 2 aliphatic heterocycles. The Bertz CT molecular complexity index is 922. The quantitative estimate of drug-likeness (QED) is 0.703. The highest BCUT2D eigenvalue weighted by molar-refractivity contribution is 9.10. The molecule has 2 saturated heterocycles. The molecule has 1 aromatic heterocycles. The number of ether oxygens (including phenoxy) is 1. The van der Waals surface area contributed by atoms with Crippen molar-refractivity contribution in [2.45, 2.75) is 32.3 Å². The van der Waals surface area contributed by atoms with Gasteiger partial charge in [0.25, 0.3) is 0 Å². The second-order valence-electron chi connectivity index (χ2n) is 7.49. The normalized spacial score (nSPS) is 22.1. The summed E-state index contributed by atoms with van der Waals surface area (Å²) >= 11 is 3.44. The molecule has 0 spiro atoms. The maximum atomic E-state index is 13.1. The van der Waals surface area contributed by atoms with Crippen LogP contribution in [0.1, 0.15) is 25.1 Å². The first-order valence-electron chi connectivity index (χ1n) is 9.80. The van der Waals surface area contributed by atoms with E-state index in [4.69, 9.17) is 4.74 Å². The molecular weight excluding hydrogens is 436 g/mol. The van der Waals surface area contributed by atoms with Crippen LogP contribution in [0.5, 0.6) is 5.88 Å². The van der Waals surface area contributed by atoms with Gasteiger partial charge in [-0.15, -0.1) is 0 Å². The fraction of sp³-hybridized carbons (Fsp3) is 0.429. The number of anilines is 1. The van der Waals surface area contributed by atoms with E-state index in [2.05, 4.69) is 25.9 Å². The molecule has 0 radical (unpaired) electrons. The van der Waals surface area contributed by atoms with Crippen LogP contribution in [0.25, 0.3) is 0 Å². The van der Waals surface area contributed by atoms with Gasteiger partial charge in [0.15, 0.2) is 0 Å². The number of rotatable bonds is 4. The lowest BCUT2D eigenvalue weighted by molar-refractivity contribution is -0.138. The van der Waals surface area contributed by atoms with E-state index in [0.29, 0.717) is 31.3 Å². The molecule has 2 aromatic rings. The van der Waals surface area contributed by atoms with Gasteiger partial charge in [0.05, 0.1) is 12.5 Å². The highest BCUT2D eigenvalue weighted by Gasteiger charge is 2.38. The summed E-state index contributed by atoms with van der Waals surface area (Å²) in [5, 5.41) is 0. The highest BCUT2D eigenvalue weighted by Crippen LogP contribution is 2.29. The number of aryl methyl sites for hydroxylation is 1. The molecule has 2 amide bonds. The van der Waals surface area contributed by atoms with Crippen molar-refractivity contribution in [1.29, 1.82) is 0 Å². The van der Waals surface area contributed by atoms with E-state index in [0.717, 1.165) is 23.0 Å². The minimum absolute atomic E-state index is 0.0114. The SMILES string of the molecule is Cc1nccc(OC2CCCN(C(=O)C3CC(=O)N(c4cccc(Br)c4)C3)C2)n1. The molecule has 0 aliphatic carbocycles. The van der Waals surface area contributed by atoms with Crippen LogP contribution in [0.2, 0.25) is 0 Å². The predicted octanol–water partition coefficient (Wildman–Crippen LogP) is 2.97. The number of aromatic nitrogens is 2. The smallest absolute Gasteiger partial charge is 0.228 e. The first kappa shape index (κ1) is 19.8. The molecule has 2 unspecified atom stereocenters. The zero-order valence-electron chi connectivity index (χ0n) is 16.3. The molecule has 0 bridgehead atoms. The van der Waals surface area contributed by atoms with Gasteiger partial charge in [-0.05, 0) is 38.0 Å². The van der Waals surface area contributed by atoms with E-state index in [-0.39, 0.29) is 30.3 Å². The van der Waals surface area contributed by atoms with E-state index >= 15 is 0 Å². The second kappa shape index (κ2) is 8.49. The van der Waals surface area contributed by atoms with Gasteiger partial charge >= 0.3 is 0 Å². The van der Waals surface area contributed by atoms with Crippen molar-refractivity contribution in [2.24, 2.45) is 5.92 Å². The number of likely N-dealkylation sites (tertiary alicyclic amines) is 1. The van der Waals surface area contributed by atoms with Crippen LogP contribution in [-0.4, -0.2) is 52.4 Å². The minimum Gasteiger partial charge on any atom is -0.472 e. The number of piperidine rings is 1. The maximum absolute atomic E-state index is 13.1. The third-order valence-electron chi connectivity index (χ3n) is 5.32. The van der Waals surface area contributed by atoms with Gasteiger partial charge in [-0.1, -0.05) is 22.0 Å². The van der Waals surface area contributed by atoms with Crippen LogP contribution < -0.4 is 9.64 Å². The average molecular weight is 459 g/mol. The topological polar surface area (TPSA) is 75.6 Å². The van der Waals surface area contributed by atoms with Crippen molar-refractivity contribution in [3.63, 3.8) is 0 Å². The maximum Gasteiger partial charge on any atom is 0.228 e. The van der Waals surface area contributed by atoms with Crippen molar-refractivity contribution in [3.05, 3.63) is 46.8 Å². The van der Waals surface area contributed by atoms with Crippen molar-refractivity contribution in [2.75, 3.05) is 24.5 Å². The van der Waals surface area contributed by atoms with Crippen LogP contribution in [0, 0.1) is 12.8 Å². The number of carbonyl (C=O) groups is 2. The Hall–Kier alpha value is -2.48. The monoisotopic (exact) mass is 458 g/mol. The van der Waals surface area contributed by atoms with Crippen molar-refractivity contribution >= 4 is 33.4 Å². The summed E-state index contributed by atoms with van der Waals surface area (Å²) in [6, 6.07) is 9.34. The summed E-state index contributed by atoms with van der Waals surface area (Å²) in [6.45, 7) is 3.45. The standard InChI is InChI=1S/C21H23BrN4O3/c1-14-23-8-7-19(24-14)29-18-6-3-9-25(13-18)21(28)15-10-20(27)26(12-15)17-5-2-4-16(22)11-17/h2,4-5,7-8,11,15,18H,3,6,9-10,12-13H2,1H3. The number of carbonyl (C=O) groups excluding carboxylic acids is 2. The van der Waals surface area contributed by atoms with E-state index in [1.54, 1.807) is 17.2 Å². The van der Waals surface area contributed by atoms with Gasteiger partial charge in [-0.3, -0.25) is 9.59 Å². The van der Waals surface area contributed by atoms with Crippen molar-refractivity contribution in [3.8, 4) is 5.88 Å². The van der Waals surface area contributed by atoms with Crippen LogP contribution >= 0.6 is 15.9 Å². The molecule has 2 atom stereocenters. The summed E-state index contributed by atoms with van der Waals surface area (Å²) in [6.07, 6.45) is 3.57. The first-order valence-corrected chi connectivity index (χ1v) is 10.6. The molecular formula is C21H23BrN4O3. The summed E-state index contributed by atoms with van der Waals surface area (Å²) in [7, 11) is 0. The summed E-state index contributed by atoms with van der Waals surface area (Å²) < 4.78 is 6.89. The lowest BCUT2D eigenvalue weighted by Crippen LogP contribution is -2.47. The Balaban J connectivity index is 1.39. The van der Waals surface area contributed by atoms with Gasteiger partial charge in [0.2, 0.25) is 17.7 Å². The Kier molecular flexibility index (Phi) is 5.80. The van der Waals surface area contributed by atoms with E-state index in [1.165, 1.54) is 0 Å². The van der Waals surface area contributed by atoms with Crippen molar-refractivity contribution in [1.82, 2.24) is 14.9 Å². The molecule has 7 nitrogen and oxygen atoms in total. The van der Waals surface area contributed by atoms with Crippen molar-refractivity contribution < 1.29 is 14.3 Å². The molecule has 2 aliphatic rings. The zero-order chi connectivity index (χ0) is 20.4. The Morgan fingerprint density at radius 1 is 1.28 bits per heavy atom. The summed E-state index contributed by atoms with van der Waals surface area (Å²) in [5.74, 6) is 0.893. The fourth-order valence-electron chi connectivity index (χ4n) is 3.93. The third kappa shape index (κ3) is 4.58. The molecule has 3 heterocycles. The van der Waals surface area contributed by atoms with Gasteiger partial charge in [-0.2, -0.15) is 4.98 Å². The second-order valence-corrected chi connectivity index (χ2v) is 8.41. The number of amides is 2.